The average molecular weight is 546 g/mol. The molecule has 2 unspecified atom stereocenters. The zero-order valence-electron chi connectivity index (χ0n) is 21.6. The average Bonchev–Trinajstić information content (AvgIpc) is 3.54. The normalized spacial score (nSPS) is 19.9. The molecule has 9 nitrogen and oxygen atoms in total. The lowest BCUT2D eigenvalue weighted by Crippen LogP contribution is -2.41. The topological polar surface area (TPSA) is 121 Å². The van der Waals surface area contributed by atoms with Crippen LogP contribution in [0.1, 0.15) is 50.0 Å². The molecular weight excluding hydrogens is 510 g/mol. The summed E-state index contributed by atoms with van der Waals surface area (Å²) in [6.45, 7) is 7.03. The van der Waals surface area contributed by atoms with Gasteiger partial charge < -0.3 is 15.4 Å². The maximum absolute atomic E-state index is 13.5. The SMILES string of the molecule is CNc1ccc(C2=NCC(c3ccc(NC(=O)OCC4CCCN4)cc3S(=O)(=O)NC(C)(C)C)S2)cc1. The number of sulfonamides is 1. The molecule has 0 bridgehead atoms. The van der Waals surface area contributed by atoms with Gasteiger partial charge in [0.15, 0.2) is 0 Å². The fourth-order valence-corrected chi connectivity index (χ4v) is 7.24. The lowest BCUT2D eigenvalue weighted by molar-refractivity contribution is 0.151. The first-order chi connectivity index (χ1) is 17.5. The molecule has 4 N–H and O–H groups in total. The fraction of sp³-hybridized carbons (Fsp3) is 0.462. The minimum absolute atomic E-state index is 0.122. The molecule has 2 heterocycles. The van der Waals surface area contributed by atoms with E-state index in [1.165, 1.54) is 17.8 Å². The summed E-state index contributed by atoms with van der Waals surface area (Å²) in [4.78, 5) is 17.2. The monoisotopic (exact) mass is 545 g/mol. The fourth-order valence-electron chi connectivity index (χ4n) is 4.27. The molecule has 1 saturated heterocycles. The molecule has 2 aliphatic heterocycles. The van der Waals surface area contributed by atoms with E-state index in [4.69, 9.17) is 9.73 Å². The molecule has 0 aromatic heterocycles. The number of nitrogens with zero attached hydrogens (tertiary/aromatic N) is 1. The van der Waals surface area contributed by atoms with Crippen molar-refractivity contribution in [1.82, 2.24) is 10.0 Å². The van der Waals surface area contributed by atoms with Crippen LogP contribution in [-0.4, -0.2) is 57.9 Å². The Hall–Kier alpha value is -2.60. The van der Waals surface area contributed by atoms with Crippen molar-refractivity contribution < 1.29 is 17.9 Å². The van der Waals surface area contributed by atoms with E-state index in [-0.39, 0.29) is 22.8 Å². The van der Waals surface area contributed by atoms with E-state index < -0.39 is 21.7 Å². The van der Waals surface area contributed by atoms with E-state index in [0.717, 1.165) is 35.7 Å². The van der Waals surface area contributed by atoms with Crippen molar-refractivity contribution in [3.8, 4) is 0 Å². The van der Waals surface area contributed by atoms with E-state index >= 15 is 0 Å². The molecule has 2 aliphatic rings. The van der Waals surface area contributed by atoms with Crippen molar-refractivity contribution in [1.29, 1.82) is 0 Å². The highest BCUT2D eigenvalue weighted by Crippen LogP contribution is 2.41. The van der Waals surface area contributed by atoms with Gasteiger partial charge in [-0.3, -0.25) is 10.3 Å². The zero-order valence-corrected chi connectivity index (χ0v) is 23.3. The Morgan fingerprint density at radius 2 is 1.89 bits per heavy atom. The number of ether oxygens (including phenoxy) is 1. The molecule has 1 fully saturated rings. The van der Waals surface area contributed by atoms with E-state index in [9.17, 15) is 13.2 Å². The molecule has 200 valence electrons. The number of benzene rings is 2. The molecule has 4 rings (SSSR count). The molecule has 1 amide bonds. The molecule has 0 saturated carbocycles. The first-order valence-electron chi connectivity index (χ1n) is 12.4. The van der Waals surface area contributed by atoms with Crippen LogP contribution < -0.4 is 20.7 Å². The third-order valence-electron chi connectivity index (χ3n) is 5.99. The molecule has 2 aromatic carbocycles. The second-order valence-corrected chi connectivity index (χ2v) is 13.0. The van der Waals surface area contributed by atoms with Crippen molar-refractivity contribution in [2.24, 2.45) is 4.99 Å². The maximum Gasteiger partial charge on any atom is 0.411 e. The highest BCUT2D eigenvalue weighted by molar-refractivity contribution is 8.14. The summed E-state index contributed by atoms with van der Waals surface area (Å²) in [6, 6.07) is 13.1. The van der Waals surface area contributed by atoms with Crippen molar-refractivity contribution in [3.63, 3.8) is 0 Å². The Labute approximate surface area is 223 Å². The Balaban J connectivity index is 1.55. The van der Waals surface area contributed by atoms with Crippen LogP contribution in [-0.2, 0) is 14.8 Å². The summed E-state index contributed by atoms with van der Waals surface area (Å²) in [5.41, 5.74) is 2.32. The number of rotatable bonds is 8. The Bertz CT molecular complexity index is 1250. The van der Waals surface area contributed by atoms with Gasteiger partial charge in [-0.15, -0.1) is 0 Å². The third kappa shape index (κ3) is 7.25. The molecule has 0 spiro atoms. The number of hydrogen-bond acceptors (Lipinski definition) is 8. The number of aliphatic imine (C=N–C) groups is 1. The second-order valence-electron chi connectivity index (χ2n) is 10.2. The highest BCUT2D eigenvalue weighted by Gasteiger charge is 2.31. The summed E-state index contributed by atoms with van der Waals surface area (Å²) in [5.74, 6) is 0. The van der Waals surface area contributed by atoms with Crippen LogP contribution >= 0.6 is 11.8 Å². The van der Waals surface area contributed by atoms with Crippen LogP contribution in [0.15, 0.2) is 52.4 Å². The van der Waals surface area contributed by atoms with Gasteiger partial charge in [0.05, 0.1) is 21.7 Å². The first kappa shape index (κ1) is 27.4. The van der Waals surface area contributed by atoms with Gasteiger partial charge in [-0.25, -0.2) is 17.9 Å². The van der Waals surface area contributed by atoms with Crippen LogP contribution in [0.3, 0.4) is 0 Å². The standard InChI is InChI=1S/C26H35N5O4S2/c1-26(2,3)31-37(33,34)23-14-19(30-25(32)35-16-20-6-5-13-28-20)11-12-21(23)22-15-29-24(36-22)17-7-9-18(27-4)10-8-17/h7-12,14,20,22,27-28,31H,5-6,13,15-16H2,1-4H3,(H,30,32). The van der Waals surface area contributed by atoms with Gasteiger partial charge in [0.2, 0.25) is 10.0 Å². The summed E-state index contributed by atoms with van der Waals surface area (Å²) in [6.07, 6.45) is 1.41. The molecular formula is C26H35N5O4S2. The Morgan fingerprint density at radius 3 is 2.54 bits per heavy atom. The minimum atomic E-state index is -3.89. The Morgan fingerprint density at radius 1 is 1.16 bits per heavy atom. The number of thioether (sulfide) groups is 1. The summed E-state index contributed by atoms with van der Waals surface area (Å²) in [7, 11) is -2.02. The lowest BCUT2D eigenvalue weighted by Gasteiger charge is -2.23. The molecule has 2 aromatic rings. The first-order valence-corrected chi connectivity index (χ1v) is 14.7. The molecule has 2 atom stereocenters. The van der Waals surface area contributed by atoms with Gasteiger partial charge in [0.25, 0.3) is 0 Å². The number of carbonyl (C=O) groups is 1. The van der Waals surface area contributed by atoms with Crippen molar-refractivity contribution in [2.75, 3.05) is 37.4 Å². The smallest absolute Gasteiger partial charge is 0.411 e. The van der Waals surface area contributed by atoms with Crippen LogP contribution in [0.5, 0.6) is 0 Å². The summed E-state index contributed by atoms with van der Waals surface area (Å²) < 4.78 is 35.0. The number of amides is 1. The predicted molar refractivity (Wildman–Crippen MR) is 150 cm³/mol. The van der Waals surface area contributed by atoms with Gasteiger partial charge in [-0.1, -0.05) is 30.0 Å². The van der Waals surface area contributed by atoms with Gasteiger partial charge >= 0.3 is 6.09 Å². The number of carbonyl (C=O) groups excluding carboxylic acids is 1. The zero-order chi connectivity index (χ0) is 26.6. The number of anilines is 2. The molecule has 11 heteroatoms. The largest absolute Gasteiger partial charge is 0.448 e. The van der Waals surface area contributed by atoms with Gasteiger partial charge in [-0.2, -0.15) is 0 Å². The van der Waals surface area contributed by atoms with Gasteiger partial charge in [-0.05, 0) is 70.0 Å². The molecule has 0 radical (unpaired) electrons. The van der Waals surface area contributed by atoms with E-state index in [2.05, 4.69) is 20.7 Å². The second kappa shape index (κ2) is 11.4. The van der Waals surface area contributed by atoms with Crippen LogP contribution in [0.25, 0.3) is 0 Å². The van der Waals surface area contributed by atoms with Crippen LogP contribution in [0.2, 0.25) is 0 Å². The van der Waals surface area contributed by atoms with E-state index in [1.54, 1.807) is 32.9 Å². The van der Waals surface area contributed by atoms with Crippen molar-refractivity contribution in [2.45, 2.75) is 55.3 Å². The van der Waals surface area contributed by atoms with Crippen molar-refractivity contribution >= 4 is 44.3 Å². The summed E-state index contributed by atoms with van der Waals surface area (Å²) in [5, 5.41) is 9.75. The van der Waals surface area contributed by atoms with Gasteiger partial charge in [0, 0.05) is 35.6 Å². The quantitative estimate of drug-likeness (QED) is 0.389. The lowest BCUT2D eigenvalue weighted by atomic mass is 10.1. The van der Waals surface area contributed by atoms with Crippen LogP contribution in [0, 0.1) is 0 Å². The third-order valence-corrected chi connectivity index (χ3v) is 9.08. The summed E-state index contributed by atoms with van der Waals surface area (Å²) >= 11 is 1.54. The van der Waals surface area contributed by atoms with Gasteiger partial charge in [0.1, 0.15) is 6.61 Å². The Kier molecular flexibility index (Phi) is 8.47. The predicted octanol–water partition coefficient (Wildman–Crippen LogP) is 4.34. The minimum Gasteiger partial charge on any atom is -0.448 e. The number of hydrogen-bond donors (Lipinski definition) is 4. The van der Waals surface area contributed by atoms with E-state index in [1.807, 2.05) is 31.3 Å². The van der Waals surface area contributed by atoms with E-state index in [0.29, 0.717) is 17.8 Å². The molecule has 0 aliphatic carbocycles. The molecule has 37 heavy (non-hydrogen) atoms. The highest BCUT2D eigenvalue weighted by atomic mass is 32.2. The maximum atomic E-state index is 13.5. The number of nitrogens with one attached hydrogen (secondary N) is 4. The van der Waals surface area contributed by atoms with Crippen molar-refractivity contribution in [3.05, 3.63) is 53.6 Å². The van der Waals surface area contributed by atoms with Crippen LogP contribution in [0.4, 0.5) is 16.2 Å².